The molecular formula is C11H9Cl2NO2. The van der Waals surface area contributed by atoms with Crippen molar-refractivity contribution in [2.24, 2.45) is 0 Å². The highest BCUT2D eigenvalue weighted by molar-refractivity contribution is 6.36. The lowest BCUT2D eigenvalue weighted by atomic mass is 10.1. The summed E-state index contributed by atoms with van der Waals surface area (Å²) in [5.74, 6) is -0.348. The van der Waals surface area contributed by atoms with Gasteiger partial charge in [-0.3, -0.25) is 4.79 Å². The third kappa shape index (κ3) is 3.13. The molecule has 0 aliphatic rings. The molecule has 0 radical (unpaired) electrons. The van der Waals surface area contributed by atoms with Gasteiger partial charge in [-0.2, -0.15) is 5.26 Å². The maximum Gasteiger partial charge on any atom is 0.310 e. The van der Waals surface area contributed by atoms with E-state index in [2.05, 4.69) is 0 Å². The zero-order chi connectivity index (χ0) is 12.1. The van der Waals surface area contributed by atoms with Crippen molar-refractivity contribution < 1.29 is 9.53 Å². The lowest BCUT2D eigenvalue weighted by Crippen LogP contribution is -2.07. The third-order valence-electron chi connectivity index (χ3n) is 1.87. The number of carbonyl (C=O) groups is 1. The maximum atomic E-state index is 11.2. The minimum absolute atomic E-state index is 0.0962. The van der Waals surface area contributed by atoms with E-state index in [0.29, 0.717) is 12.2 Å². The molecule has 0 aromatic heterocycles. The minimum Gasteiger partial charge on any atom is -0.466 e. The molecule has 0 spiro atoms. The predicted molar refractivity (Wildman–Crippen MR) is 61.5 cm³/mol. The van der Waals surface area contributed by atoms with Gasteiger partial charge in [0.2, 0.25) is 0 Å². The molecule has 0 unspecified atom stereocenters. The van der Waals surface area contributed by atoms with E-state index in [-0.39, 0.29) is 28.0 Å². The summed E-state index contributed by atoms with van der Waals surface area (Å²) in [6.07, 6.45) is 0.0962. The Bertz CT molecular complexity index is 429. The van der Waals surface area contributed by atoms with Crippen LogP contribution in [0.4, 0.5) is 0 Å². The van der Waals surface area contributed by atoms with Gasteiger partial charge in [0.1, 0.15) is 6.07 Å². The molecule has 16 heavy (non-hydrogen) atoms. The largest absolute Gasteiger partial charge is 0.466 e. The van der Waals surface area contributed by atoms with Gasteiger partial charge in [0, 0.05) is 0 Å². The summed E-state index contributed by atoms with van der Waals surface area (Å²) >= 11 is 11.7. The standard InChI is InChI=1S/C11H9Cl2NO2/c1-2-16-11(15)5-7-3-9(12)8(6-14)10(13)4-7/h3-4H,2,5H2,1H3. The molecule has 0 aliphatic carbocycles. The summed E-state index contributed by atoms with van der Waals surface area (Å²) in [6, 6.07) is 4.98. The van der Waals surface area contributed by atoms with E-state index >= 15 is 0 Å². The van der Waals surface area contributed by atoms with Crippen LogP contribution in [-0.4, -0.2) is 12.6 Å². The van der Waals surface area contributed by atoms with Crippen LogP contribution in [0.1, 0.15) is 18.1 Å². The number of rotatable bonds is 3. The molecule has 0 fully saturated rings. The predicted octanol–water partition coefficient (Wildman–Crippen LogP) is 2.97. The molecular weight excluding hydrogens is 249 g/mol. The van der Waals surface area contributed by atoms with Gasteiger partial charge in [0.25, 0.3) is 0 Å². The summed E-state index contributed by atoms with van der Waals surface area (Å²) in [7, 11) is 0. The fourth-order valence-electron chi connectivity index (χ4n) is 1.21. The second kappa shape index (κ2) is 5.74. The fourth-order valence-corrected chi connectivity index (χ4v) is 1.83. The molecule has 1 rings (SSSR count). The first-order valence-corrected chi connectivity index (χ1v) is 5.37. The van der Waals surface area contributed by atoms with Gasteiger partial charge in [0.05, 0.1) is 28.6 Å². The van der Waals surface area contributed by atoms with E-state index in [1.165, 1.54) is 0 Å². The average molecular weight is 258 g/mol. The number of hydrogen-bond donors (Lipinski definition) is 0. The lowest BCUT2D eigenvalue weighted by Gasteiger charge is -2.05. The fraction of sp³-hybridized carbons (Fsp3) is 0.273. The van der Waals surface area contributed by atoms with E-state index in [1.807, 2.05) is 6.07 Å². The first-order chi connectivity index (χ1) is 7.58. The van der Waals surface area contributed by atoms with Crippen LogP contribution in [0.5, 0.6) is 0 Å². The Morgan fingerprint density at radius 3 is 2.44 bits per heavy atom. The van der Waals surface area contributed by atoms with Gasteiger partial charge in [-0.15, -0.1) is 0 Å². The van der Waals surface area contributed by atoms with Gasteiger partial charge >= 0.3 is 5.97 Å². The van der Waals surface area contributed by atoms with Crippen LogP contribution in [0.15, 0.2) is 12.1 Å². The Morgan fingerprint density at radius 2 is 2.00 bits per heavy atom. The van der Waals surface area contributed by atoms with Crippen LogP contribution >= 0.6 is 23.2 Å². The van der Waals surface area contributed by atoms with Crippen molar-refractivity contribution in [2.45, 2.75) is 13.3 Å². The van der Waals surface area contributed by atoms with Crippen molar-refractivity contribution in [3.63, 3.8) is 0 Å². The molecule has 1 aromatic rings. The number of ether oxygens (including phenoxy) is 1. The summed E-state index contributed by atoms with van der Waals surface area (Å²) in [5, 5.41) is 9.24. The Morgan fingerprint density at radius 1 is 1.44 bits per heavy atom. The minimum atomic E-state index is -0.348. The van der Waals surface area contributed by atoms with Crippen LogP contribution in [0.3, 0.4) is 0 Å². The van der Waals surface area contributed by atoms with Gasteiger partial charge in [-0.25, -0.2) is 0 Å². The Balaban J connectivity index is 2.93. The molecule has 0 saturated carbocycles. The zero-order valence-electron chi connectivity index (χ0n) is 8.59. The number of carbonyl (C=O) groups excluding carboxylic acids is 1. The summed E-state index contributed by atoms with van der Waals surface area (Å²) in [6.45, 7) is 2.06. The van der Waals surface area contributed by atoms with Gasteiger partial charge in [-0.05, 0) is 24.6 Å². The Labute approximate surface area is 104 Å². The first-order valence-electron chi connectivity index (χ1n) is 4.62. The lowest BCUT2D eigenvalue weighted by molar-refractivity contribution is -0.142. The molecule has 0 heterocycles. The Hall–Kier alpha value is -1.24. The smallest absolute Gasteiger partial charge is 0.310 e. The van der Waals surface area contributed by atoms with Crippen LogP contribution in [0.25, 0.3) is 0 Å². The molecule has 0 bridgehead atoms. The van der Waals surface area contributed by atoms with E-state index < -0.39 is 0 Å². The van der Waals surface area contributed by atoms with E-state index in [4.69, 9.17) is 33.2 Å². The van der Waals surface area contributed by atoms with Crippen molar-refractivity contribution >= 4 is 29.2 Å². The summed E-state index contributed by atoms with van der Waals surface area (Å²) in [5.41, 5.74) is 0.850. The molecule has 0 N–H and O–H groups in total. The maximum absolute atomic E-state index is 11.2. The molecule has 84 valence electrons. The number of halogens is 2. The molecule has 0 amide bonds. The van der Waals surface area contributed by atoms with E-state index in [1.54, 1.807) is 19.1 Å². The second-order valence-corrected chi connectivity index (χ2v) is 3.84. The van der Waals surface area contributed by atoms with Crippen molar-refractivity contribution in [2.75, 3.05) is 6.61 Å². The quantitative estimate of drug-likeness (QED) is 0.783. The molecule has 0 aliphatic heterocycles. The molecule has 0 saturated heterocycles. The van der Waals surface area contributed by atoms with Crippen molar-refractivity contribution in [3.8, 4) is 6.07 Å². The number of nitriles is 1. The normalized spacial score (nSPS) is 9.62. The van der Waals surface area contributed by atoms with Gasteiger partial charge in [0.15, 0.2) is 0 Å². The van der Waals surface area contributed by atoms with Crippen molar-refractivity contribution in [1.29, 1.82) is 5.26 Å². The number of benzene rings is 1. The van der Waals surface area contributed by atoms with E-state index in [0.717, 1.165) is 0 Å². The highest BCUT2D eigenvalue weighted by atomic mass is 35.5. The van der Waals surface area contributed by atoms with Gasteiger partial charge < -0.3 is 4.74 Å². The number of hydrogen-bond acceptors (Lipinski definition) is 3. The van der Waals surface area contributed by atoms with Gasteiger partial charge in [-0.1, -0.05) is 23.2 Å². The SMILES string of the molecule is CCOC(=O)Cc1cc(Cl)c(C#N)c(Cl)c1. The second-order valence-electron chi connectivity index (χ2n) is 3.03. The number of nitrogens with zero attached hydrogens (tertiary/aromatic N) is 1. The average Bonchev–Trinajstić information content (AvgIpc) is 2.17. The van der Waals surface area contributed by atoms with Crippen LogP contribution in [0, 0.1) is 11.3 Å². The highest BCUT2D eigenvalue weighted by Crippen LogP contribution is 2.26. The van der Waals surface area contributed by atoms with Crippen LogP contribution in [-0.2, 0) is 16.0 Å². The topological polar surface area (TPSA) is 50.1 Å². The van der Waals surface area contributed by atoms with Crippen LogP contribution in [0.2, 0.25) is 10.0 Å². The van der Waals surface area contributed by atoms with E-state index in [9.17, 15) is 4.79 Å². The van der Waals surface area contributed by atoms with Crippen LogP contribution < -0.4 is 0 Å². The van der Waals surface area contributed by atoms with Crippen molar-refractivity contribution in [3.05, 3.63) is 33.3 Å². The first kappa shape index (κ1) is 12.8. The Kier molecular flexibility index (Phi) is 4.60. The number of esters is 1. The zero-order valence-corrected chi connectivity index (χ0v) is 10.1. The molecule has 3 nitrogen and oxygen atoms in total. The van der Waals surface area contributed by atoms with Crippen molar-refractivity contribution in [1.82, 2.24) is 0 Å². The summed E-state index contributed by atoms with van der Waals surface area (Å²) < 4.78 is 4.79. The molecule has 0 atom stereocenters. The third-order valence-corrected chi connectivity index (χ3v) is 2.46. The summed E-state index contributed by atoms with van der Waals surface area (Å²) in [4.78, 5) is 11.2. The molecule has 1 aromatic carbocycles. The monoisotopic (exact) mass is 257 g/mol. The molecule has 5 heteroatoms. The highest BCUT2D eigenvalue weighted by Gasteiger charge is 2.10.